The lowest BCUT2D eigenvalue weighted by Gasteiger charge is -2.07. The molecule has 2 aromatic rings. The summed E-state index contributed by atoms with van der Waals surface area (Å²) < 4.78 is 10.5. The number of rotatable bonds is 5. The number of carboxylic acid groups (broad SMARTS) is 1. The van der Waals surface area contributed by atoms with Gasteiger partial charge in [-0.3, -0.25) is 0 Å². The van der Waals surface area contributed by atoms with E-state index in [1.54, 1.807) is 14.0 Å². The molecule has 2 rings (SSSR count). The van der Waals surface area contributed by atoms with E-state index in [0.29, 0.717) is 5.69 Å². The van der Waals surface area contributed by atoms with E-state index in [1.807, 2.05) is 24.3 Å². The van der Waals surface area contributed by atoms with Gasteiger partial charge in [0.05, 0.1) is 7.11 Å². The third-order valence-corrected chi connectivity index (χ3v) is 2.55. The first kappa shape index (κ1) is 13.8. The number of aromatic carboxylic acids is 1. The lowest BCUT2D eigenvalue weighted by atomic mass is 10.2. The van der Waals surface area contributed by atoms with E-state index in [1.165, 1.54) is 6.07 Å². The van der Waals surface area contributed by atoms with Gasteiger partial charge in [0, 0.05) is 5.69 Å². The smallest absolute Gasteiger partial charge is 0.354 e. The molecule has 1 heterocycles. The molecule has 0 aliphatic carbocycles. The topological polar surface area (TPSA) is 81.5 Å². The van der Waals surface area contributed by atoms with Crippen LogP contribution in [-0.2, 0) is 6.61 Å². The number of ether oxygens (including phenoxy) is 2. The van der Waals surface area contributed by atoms with E-state index in [9.17, 15) is 4.79 Å². The van der Waals surface area contributed by atoms with Crippen LogP contribution in [0.25, 0.3) is 0 Å². The molecule has 6 heteroatoms. The van der Waals surface area contributed by atoms with Crippen molar-refractivity contribution in [2.75, 3.05) is 7.11 Å². The fourth-order valence-corrected chi connectivity index (χ4v) is 1.63. The van der Waals surface area contributed by atoms with Gasteiger partial charge in [-0.05, 0) is 30.7 Å². The number of hydrogen-bond acceptors (Lipinski definition) is 5. The van der Waals surface area contributed by atoms with Crippen LogP contribution in [0.2, 0.25) is 0 Å². The highest BCUT2D eigenvalue weighted by Gasteiger charge is 2.09. The molecule has 0 bridgehead atoms. The van der Waals surface area contributed by atoms with Gasteiger partial charge >= 0.3 is 12.0 Å². The fourth-order valence-electron chi connectivity index (χ4n) is 1.63. The normalized spacial score (nSPS) is 10.1. The molecule has 0 amide bonds. The summed E-state index contributed by atoms with van der Waals surface area (Å²) in [4.78, 5) is 18.8. The third-order valence-electron chi connectivity index (χ3n) is 2.55. The minimum absolute atomic E-state index is 0.0465. The molecule has 0 saturated heterocycles. The lowest BCUT2D eigenvalue weighted by molar-refractivity contribution is 0.0688. The maximum absolute atomic E-state index is 10.9. The molecule has 0 aliphatic heterocycles. The van der Waals surface area contributed by atoms with Crippen molar-refractivity contribution in [1.82, 2.24) is 9.97 Å². The molecule has 1 aromatic heterocycles. The van der Waals surface area contributed by atoms with Crippen LogP contribution >= 0.6 is 0 Å². The predicted molar refractivity (Wildman–Crippen MR) is 71.1 cm³/mol. The van der Waals surface area contributed by atoms with Crippen molar-refractivity contribution in [2.24, 2.45) is 0 Å². The summed E-state index contributed by atoms with van der Waals surface area (Å²) in [6.45, 7) is 1.92. The number of carbonyl (C=O) groups is 1. The predicted octanol–water partition coefficient (Wildman–Crippen LogP) is 2.07. The Kier molecular flexibility index (Phi) is 4.14. The average Bonchev–Trinajstić information content (AvgIpc) is 2.44. The summed E-state index contributed by atoms with van der Waals surface area (Å²) >= 11 is 0. The molecule has 0 atom stereocenters. The molecule has 104 valence electrons. The van der Waals surface area contributed by atoms with Crippen molar-refractivity contribution in [3.63, 3.8) is 0 Å². The molecule has 0 radical (unpaired) electrons. The molecule has 1 N–H and O–H groups in total. The first-order valence-electron chi connectivity index (χ1n) is 5.93. The van der Waals surface area contributed by atoms with Gasteiger partial charge in [-0.1, -0.05) is 12.1 Å². The van der Waals surface area contributed by atoms with Crippen LogP contribution in [0.15, 0.2) is 30.3 Å². The lowest BCUT2D eigenvalue weighted by Crippen LogP contribution is -2.06. The van der Waals surface area contributed by atoms with Crippen LogP contribution < -0.4 is 9.47 Å². The van der Waals surface area contributed by atoms with E-state index in [0.717, 1.165) is 11.3 Å². The van der Waals surface area contributed by atoms with Gasteiger partial charge in [0.1, 0.15) is 12.4 Å². The van der Waals surface area contributed by atoms with Crippen LogP contribution in [0, 0.1) is 6.92 Å². The highest BCUT2D eigenvalue weighted by Crippen LogP contribution is 2.15. The van der Waals surface area contributed by atoms with Gasteiger partial charge in [0.2, 0.25) is 0 Å². The number of aryl methyl sites for hydroxylation is 1. The SMILES string of the molecule is COc1cccc(COc2nc(C)cc(C(=O)O)n2)c1. The Bertz CT molecular complexity index is 628. The summed E-state index contributed by atoms with van der Waals surface area (Å²) in [6.07, 6.45) is 0. The maximum atomic E-state index is 10.9. The average molecular weight is 274 g/mol. The number of hydrogen-bond donors (Lipinski definition) is 1. The molecule has 6 nitrogen and oxygen atoms in total. The van der Waals surface area contributed by atoms with Crippen LogP contribution in [0.5, 0.6) is 11.8 Å². The third kappa shape index (κ3) is 3.44. The van der Waals surface area contributed by atoms with E-state index < -0.39 is 5.97 Å². The van der Waals surface area contributed by atoms with Crippen molar-refractivity contribution in [3.05, 3.63) is 47.3 Å². The number of benzene rings is 1. The Labute approximate surface area is 116 Å². The van der Waals surface area contributed by atoms with Crippen LogP contribution in [0.1, 0.15) is 21.7 Å². The summed E-state index contributed by atoms with van der Waals surface area (Å²) in [5, 5.41) is 8.92. The zero-order chi connectivity index (χ0) is 14.5. The van der Waals surface area contributed by atoms with Crippen molar-refractivity contribution in [2.45, 2.75) is 13.5 Å². The Hall–Kier alpha value is -2.63. The Morgan fingerprint density at radius 2 is 2.10 bits per heavy atom. The van der Waals surface area contributed by atoms with E-state index in [2.05, 4.69) is 9.97 Å². The van der Waals surface area contributed by atoms with Crippen molar-refractivity contribution in [1.29, 1.82) is 0 Å². The molecule has 0 saturated carbocycles. The minimum Gasteiger partial charge on any atom is -0.497 e. The van der Waals surface area contributed by atoms with Gasteiger partial charge in [0.25, 0.3) is 0 Å². The quantitative estimate of drug-likeness (QED) is 0.898. The maximum Gasteiger partial charge on any atom is 0.354 e. The molecule has 0 spiro atoms. The highest BCUT2D eigenvalue weighted by molar-refractivity contribution is 5.85. The highest BCUT2D eigenvalue weighted by atomic mass is 16.5. The monoisotopic (exact) mass is 274 g/mol. The van der Waals surface area contributed by atoms with Gasteiger partial charge < -0.3 is 14.6 Å². The number of aromatic nitrogens is 2. The number of carboxylic acids is 1. The number of methoxy groups -OCH3 is 1. The summed E-state index contributed by atoms with van der Waals surface area (Å²) in [7, 11) is 1.59. The Morgan fingerprint density at radius 1 is 1.30 bits per heavy atom. The minimum atomic E-state index is -1.11. The molecular weight excluding hydrogens is 260 g/mol. The van der Waals surface area contributed by atoms with Gasteiger partial charge in [-0.25, -0.2) is 9.78 Å². The first-order valence-corrected chi connectivity index (χ1v) is 5.93. The first-order chi connectivity index (χ1) is 9.58. The summed E-state index contributed by atoms with van der Waals surface area (Å²) in [5.74, 6) is -0.385. The van der Waals surface area contributed by atoms with E-state index in [4.69, 9.17) is 14.6 Å². The molecule has 0 fully saturated rings. The second-order valence-corrected chi connectivity index (χ2v) is 4.12. The Morgan fingerprint density at radius 3 is 2.80 bits per heavy atom. The zero-order valence-corrected chi connectivity index (χ0v) is 11.2. The molecular formula is C14H14N2O4. The number of nitrogens with zero attached hydrogens (tertiary/aromatic N) is 2. The molecule has 0 unspecified atom stereocenters. The van der Waals surface area contributed by atoms with E-state index in [-0.39, 0.29) is 18.3 Å². The standard InChI is InChI=1S/C14H14N2O4/c1-9-6-12(13(17)18)16-14(15-9)20-8-10-4-3-5-11(7-10)19-2/h3-7H,8H2,1-2H3,(H,17,18). The molecule has 0 aliphatic rings. The van der Waals surface area contributed by atoms with Gasteiger partial charge in [0.15, 0.2) is 5.69 Å². The summed E-state index contributed by atoms with van der Waals surface area (Å²) in [5.41, 5.74) is 1.34. The van der Waals surface area contributed by atoms with Gasteiger partial charge in [-0.2, -0.15) is 4.98 Å². The van der Waals surface area contributed by atoms with Crippen LogP contribution in [-0.4, -0.2) is 28.2 Å². The van der Waals surface area contributed by atoms with Gasteiger partial charge in [-0.15, -0.1) is 0 Å². The second-order valence-electron chi connectivity index (χ2n) is 4.12. The molecule has 20 heavy (non-hydrogen) atoms. The fraction of sp³-hybridized carbons (Fsp3) is 0.214. The molecule has 1 aromatic carbocycles. The zero-order valence-electron chi connectivity index (χ0n) is 11.2. The van der Waals surface area contributed by atoms with Crippen molar-refractivity contribution < 1.29 is 19.4 Å². The largest absolute Gasteiger partial charge is 0.497 e. The Balaban J connectivity index is 2.12. The van der Waals surface area contributed by atoms with E-state index >= 15 is 0 Å². The van der Waals surface area contributed by atoms with Crippen LogP contribution in [0.3, 0.4) is 0 Å². The van der Waals surface area contributed by atoms with Crippen molar-refractivity contribution in [3.8, 4) is 11.8 Å². The van der Waals surface area contributed by atoms with Crippen molar-refractivity contribution >= 4 is 5.97 Å². The van der Waals surface area contributed by atoms with Crippen LogP contribution in [0.4, 0.5) is 0 Å². The second kappa shape index (κ2) is 6.01. The summed E-state index contributed by atoms with van der Waals surface area (Å²) in [6, 6.07) is 8.81.